The maximum atomic E-state index is 10.2. The second-order valence-electron chi connectivity index (χ2n) is 1.79. The quantitative estimate of drug-likeness (QED) is 0.680. The molecular formula is C5H6Cl2N2O2. The Morgan fingerprint density at radius 1 is 1.64 bits per heavy atom. The fourth-order valence-electron chi connectivity index (χ4n) is 0.365. The Bertz CT molecular complexity index is 185. The number of alkyl halides is 2. The van der Waals surface area contributed by atoms with Gasteiger partial charge in [-0.25, -0.2) is 4.79 Å². The Kier molecular flexibility index (Phi) is 4.01. The van der Waals surface area contributed by atoms with Gasteiger partial charge in [0, 0.05) is 0 Å². The van der Waals surface area contributed by atoms with Gasteiger partial charge in [0.2, 0.25) is 5.60 Å². The van der Waals surface area contributed by atoms with Gasteiger partial charge in [0.15, 0.2) is 0 Å². The minimum Gasteiger partial charge on any atom is -0.425 e. The number of ether oxygens (including phenoxy) is 1. The van der Waals surface area contributed by atoms with Crippen LogP contribution in [-0.2, 0) is 4.74 Å². The lowest BCUT2D eigenvalue weighted by molar-refractivity contribution is 0.0893. The first kappa shape index (κ1) is 10.3. The molecule has 0 saturated heterocycles. The Morgan fingerprint density at radius 3 is 2.18 bits per heavy atom. The zero-order chi connectivity index (χ0) is 8.91. The number of amides is 1. The van der Waals surface area contributed by atoms with Crippen molar-refractivity contribution in [2.24, 2.45) is 5.73 Å². The molecule has 0 aromatic heterocycles. The third kappa shape index (κ3) is 2.83. The molecule has 0 atom stereocenters. The molecule has 11 heavy (non-hydrogen) atoms. The monoisotopic (exact) mass is 196 g/mol. The normalized spacial score (nSPS) is 10.3. The first-order valence-electron chi connectivity index (χ1n) is 2.62. The number of nitrogens with zero attached hydrogens (tertiary/aromatic N) is 1. The summed E-state index contributed by atoms with van der Waals surface area (Å²) in [4.78, 5) is 10.2. The molecule has 0 aliphatic carbocycles. The fraction of sp³-hybridized carbons (Fsp3) is 0.600. The van der Waals surface area contributed by atoms with Crippen molar-refractivity contribution >= 4 is 29.3 Å². The van der Waals surface area contributed by atoms with E-state index in [2.05, 4.69) is 10.5 Å². The van der Waals surface area contributed by atoms with Gasteiger partial charge in [-0.3, -0.25) is 0 Å². The predicted octanol–water partition coefficient (Wildman–Crippen LogP) is 0.822. The molecule has 0 aromatic rings. The lowest BCUT2D eigenvalue weighted by Gasteiger charge is -2.19. The number of hydrogen-bond donors (Lipinski definition) is 1. The molecule has 62 valence electrons. The zero-order valence-electron chi connectivity index (χ0n) is 5.51. The Labute approximate surface area is 73.8 Å². The summed E-state index contributed by atoms with van der Waals surface area (Å²) in [5, 5.41) is 8.47. The van der Waals surface area contributed by atoms with Gasteiger partial charge in [0.1, 0.15) is 6.07 Å². The molecule has 1 amide bonds. The van der Waals surface area contributed by atoms with E-state index < -0.39 is 11.7 Å². The molecule has 0 aliphatic rings. The van der Waals surface area contributed by atoms with E-state index in [0.29, 0.717) is 0 Å². The molecule has 2 N–H and O–H groups in total. The third-order valence-corrected chi connectivity index (χ3v) is 1.79. The lowest BCUT2D eigenvalue weighted by atomic mass is 10.2. The zero-order valence-corrected chi connectivity index (χ0v) is 7.02. The van der Waals surface area contributed by atoms with Crippen LogP contribution >= 0.6 is 23.2 Å². The number of nitriles is 1. The van der Waals surface area contributed by atoms with Crippen molar-refractivity contribution in [1.29, 1.82) is 5.26 Å². The largest absolute Gasteiger partial charge is 0.425 e. The van der Waals surface area contributed by atoms with E-state index in [1.165, 1.54) is 0 Å². The van der Waals surface area contributed by atoms with Crippen LogP contribution in [0.3, 0.4) is 0 Å². The average Bonchev–Trinajstić information content (AvgIpc) is 2.00. The Hall–Kier alpha value is -0.660. The number of primary amides is 1. The van der Waals surface area contributed by atoms with Crippen LogP contribution in [0.2, 0.25) is 0 Å². The van der Waals surface area contributed by atoms with Crippen molar-refractivity contribution in [1.82, 2.24) is 0 Å². The highest BCUT2D eigenvalue weighted by atomic mass is 35.5. The number of nitrogens with two attached hydrogens (primary N) is 1. The van der Waals surface area contributed by atoms with E-state index in [4.69, 9.17) is 28.5 Å². The maximum Gasteiger partial charge on any atom is 0.406 e. The van der Waals surface area contributed by atoms with Crippen molar-refractivity contribution in [3.05, 3.63) is 0 Å². The van der Waals surface area contributed by atoms with Crippen LogP contribution in [0.1, 0.15) is 0 Å². The predicted molar refractivity (Wildman–Crippen MR) is 40.5 cm³/mol. The van der Waals surface area contributed by atoms with Crippen LogP contribution in [0.4, 0.5) is 4.79 Å². The second kappa shape index (κ2) is 4.27. The third-order valence-electron chi connectivity index (χ3n) is 0.931. The summed E-state index contributed by atoms with van der Waals surface area (Å²) in [6.07, 6.45) is -1.06. The van der Waals surface area contributed by atoms with Crippen molar-refractivity contribution < 1.29 is 9.53 Å². The molecule has 6 heteroatoms. The van der Waals surface area contributed by atoms with E-state index in [1.54, 1.807) is 6.07 Å². The topological polar surface area (TPSA) is 76.1 Å². The van der Waals surface area contributed by atoms with Crippen molar-refractivity contribution in [3.63, 3.8) is 0 Å². The summed E-state index contributed by atoms with van der Waals surface area (Å²) in [6, 6.07) is 1.66. The summed E-state index contributed by atoms with van der Waals surface area (Å²) < 4.78 is 4.40. The second-order valence-corrected chi connectivity index (χ2v) is 2.33. The van der Waals surface area contributed by atoms with Crippen molar-refractivity contribution in [2.45, 2.75) is 5.60 Å². The van der Waals surface area contributed by atoms with Gasteiger partial charge in [0.25, 0.3) is 0 Å². The highest BCUT2D eigenvalue weighted by molar-refractivity contribution is 6.22. The van der Waals surface area contributed by atoms with Gasteiger partial charge in [-0.2, -0.15) is 5.26 Å². The first-order valence-corrected chi connectivity index (χ1v) is 3.69. The first-order chi connectivity index (χ1) is 5.10. The molecule has 0 spiro atoms. The van der Waals surface area contributed by atoms with Crippen LogP contribution in [0.15, 0.2) is 0 Å². The van der Waals surface area contributed by atoms with Gasteiger partial charge in [0.05, 0.1) is 11.8 Å². The smallest absolute Gasteiger partial charge is 0.406 e. The van der Waals surface area contributed by atoms with Crippen LogP contribution < -0.4 is 5.73 Å². The molecule has 0 radical (unpaired) electrons. The highest BCUT2D eigenvalue weighted by Gasteiger charge is 2.32. The number of rotatable bonds is 3. The van der Waals surface area contributed by atoms with Gasteiger partial charge in [-0.1, -0.05) is 0 Å². The summed E-state index contributed by atoms with van der Waals surface area (Å²) >= 11 is 10.7. The average molecular weight is 197 g/mol. The number of carbonyl (C=O) groups is 1. The van der Waals surface area contributed by atoms with E-state index in [-0.39, 0.29) is 11.8 Å². The minimum absolute atomic E-state index is 0.198. The number of halogens is 2. The number of carbonyl (C=O) groups excluding carboxylic acids is 1. The molecule has 0 rings (SSSR count). The highest BCUT2D eigenvalue weighted by Crippen LogP contribution is 2.14. The maximum absolute atomic E-state index is 10.2. The van der Waals surface area contributed by atoms with Crippen LogP contribution in [0.25, 0.3) is 0 Å². The van der Waals surface area contributed by atoms with E-state index in [1.807, 2.05) is 0 Å². The molecule has 0 bridgehead atoms. The molecule has 0 saturated carbocycles. The van der Waals surface area contributed by atoms with E-state index >= 15 is 0 Å². The summed E-state index contributed by atoms with van der Waals surface area (Å²) in [7, 11) is 0. The standard InChI is InChI=1S/C5H6Cl2N2O2/c6-1-5(2-7,3-8)11-4(9)10/h1-2H2,(H2,9,10). The molecule has 0 unspecified atom stereocenters. The lowest BCUT2D eigenvalue weighted by Crippen LogP contribution is -2.39. The summed E-state index contributed by atoms with van der Waals surface area (Å²) in [5.41, 5.74) is 3.18. The van der Waals surface area contributed by atoms with Crippen molar-refractivity contribution in [2.75, 3.05) is 11.8 Å². The number of hydrogen-bond acceptors (Lipinski definition) is 3. The molecule has 0 aliphatic heterocycles. The fourth-order valence-corrected chi connectivity index (χ4v) is 0.880. The molecule has 0 aromatic carbocycles. The summed E-state index contributed by atoms with van der Waals surface area (Å²) in [5.74, 6) is -0.397. The summed E-state index contributed by atoms with van der Waals surface area (Å²) in [6.45, 7) is 0. The van der Waals surface area contributed by atoms with Crippen LogP contribution in [0, 0.1) is 11.3 Å². The van der Waals surface area contributed by atoms with Gasteiger partial charge in [-0.15, -0.1) is 23.2 Å². The molecule has 0 heterocycles. The SMILES string of the molecule is N#CC(CCl)(CCl)OC(N)=O. The Balaban J connectivity index is 4.32. The Morgan fingerprint density at radius 2 is 2.09 bits per heavy atom. The molecule has 0 fully saturated rings. The minimum atomic E-state index is -1.49. The molecule has 4 nitrogen and oxygen atoms in total. The van der Waals surface area contributed by atoms with E-state index in [0.717, 1.165) is 0 Å². The van der Waals surface area contributed by atoms with E-state index in [9.17, 15) is 4.79 Å². The van der Waals surface area contributed by atoms with Gasteiger partial charge >= 0.3 is 6.09 Å². The molecular weight excluding hydrogens is 191 g/mol. The van der Waals surface area contributed by atoms with Crippen LogP contribution in [0.5, 0.6) is 0 Å². The van der Waals surface area contributed by atoms with Gasteiger partial charge in [-0.05, 0) is 0 Å². The van der Waals surface area contributed by atoms with Crippen LogP contribution in [-0.4, -0.2) is 23.5 Å². The van der Waals surface area contributed by atoms with Crippen molar-refractivity contribution in [3.8, 4) is 6.07 Å². The van der Waals surface area contributed by atoms with Gasteiger partial charge < -0.3 is 10.5 Å².